The van der Waals surface area contributed by atoms with E-state index < -0.39 is 4.92 Å². The lowest BCUT2D eigenvalue weighted by Crippen LogP contribution is -2.48. The van der Waals surface area contributed by atoms with Crippen molar-refractivity contribution in [3.05, 3.63) is 58.4 Å². The quantitative estimate of drug-likeness (QED) is 0.451. The zero-order valence-corrected chi connectivity index (χ0v) is 15.0. The number of nitrogens with one attached hydrogen (secondary N) is 1. The van der Waals surface area contributed by atoms with Gasteiger partial charge in [-0.05, 0) is 12.1 Å². The first-order valence-electron chi connectivity index (χ1n) is 8.88. The Hall–Kier alpha value is -3.62. The summed E-state index contributed by atoms with van der Waals surface area (Å²) in [5.41, 5.74) is 1.29. The number of amides is 1. The summed E-state index contributed by atoms with van der Waals surface area (Å²) in [6.45, 7) is 2.67. The second-order valence-electron chi connectivity index (χ2n) is 6.43. The lowest BCUT2D eigenvalue weighted by molar-refractivity contribution is -0.385. The highest BCUT2D eigenvalue weighted by molar-refractivity contribution is 5.92. The molecule has 1 saturated heterocycles. The van der Waals surface area contributed by atoms with Gasteiger partial charge < -0.3 is 19.3 Å². The van der Waals surface area contributed by atoms with Crippen LogP contribution in [0.1, 0.15) is 5.56 Å². The Morgan fingerprint density at radius 1 is 1.11 bits per heavy atom. The van der Waals surface area contributed by atoms with Gasteiger partial charge in [0.25, 0.3) is 5.69 Å². The van der Waals surface area contributed by atoms with Crippen molar-refractivity contribution in [1.82, 2.24) is 4.90 Å². The van der Waals surface area contributed by atoms with E-state index in [2.05, 4.69) is 9.88 Å². The Bertz CT molecular complexity index is 923. The topological polar surface area (TPSA) is 99.3 Å². The number of piperazine rings is 1. The summed E-state index contributed by atoms with van der Waals surface area (Å²) in [5.74, 6) is 0.601. The van der Waals surface area contributed by atoms with Crippen LogP contribution >= 0.6 is 0 Å². The van der Waals surface area contributed by atoms with Crippen LogP contribution in [-0.2, 0) is 4.79 Å². The maximum Gasteiger partial charge on any atom is 0.280 e. The molecule has 1 aromatic carbocycles. The molecular formula is C19H19N4O5+. The highest BCUT2D eigenvalue weighted by Crippen LogP contribution is 2.38. The number of nitro benzene ring substituents is 1. The van der Waals surface area contributed by atoms with E-state index in [4.69, 9.17) is 9.47 Å². The largest absolute Gasteiger partial charge is 0.454 e. The minimum atomic E-state index is -0.498. The summed E-state index contributed by atoms with van der Waals surface area (Å²) < 4.78 is 10.4. The number of ether oxygens (including phenoxy) is 2. The van der Waals surface area contributed by atoms with E-state index in [9.17, 15) is 14.9 Å². The van der Waals surface area contributed by atoms with Gasteiger partial charge in [0.15, 0.2) is 23.9 Å². The number of nitro groups is 1. The van der Waals surface area contributed by atoms with Gasteiger partial charge in [-0.3, -0.25) is 14.9 Å². The van der Waals surface area contributed by atoms with Crippen LogP contribution < -0.4 is 19.4 Å². The number of aromatic amines is 1. The van der Waals surface area contributed by atoms with Gasteiger partial charge in [0.05, 0.1) is 16.6 Å². The molecule has 9 heteroatoms. The van der Waals surface area contributed by atoms with Crippen LogP contribution in [0, 0.1) is 10.1 Å². The Balaban J connectivity index is 1.43. The minimum Gasteiger partial charge on any atom is -0.454 e. The minimum absolute atomic E-state index is 0.0301. The molecule has 144 valence electrons. The molecule has 2 aliphatic rings. The number of fused-ring (bicyclic) bond motifs is 1. The molecule has 1 N–H and O–H groups in total. The molecular weight excluding hydrogens is 364 g/mol. The Kier molecular flexibility index (Phi) is 4.79. The molecule has 1 amide bonds. The molecule has 9 nitrogen and oxygen atoms in total. The molecule has 0 unspecified atom stereocenters. The number of hydrogen-bond donors (Lipinski definition) is 0. The number of carbonyl (C=O) groups excluding carboxylic acids is 1. The smallest absolute Gasteiger partial charge is 0.280 e. The molecule has 2 aromatic rings. The summed E-state index contributed by atoms with van der Waals surface area (Å²) in [5, 5.41) is 11.3. The highest BCUT2D eigenvalue weighted by Gasteiger charge is 2.23. The SMILES string of the molecule is O=C(/C=C/c1cc2c(cc1[N+](=O)[O-])OCO2)N1CCN(c2cc[nH+]cc2)CC1. The van der Waals surface area contributed by atoms with E-state index >= 15 is 0 Å². The van der Waals surface area contributed by atoms with Crippen molar-refractivity contribution in [2.45, 2.75) is 0 Å². The first kappa shape index (κ1) is 17.8. The van der Waals surface area contributed by atoms with Crippen molar-refractivity contribution in [2.75, 3.05) is 37.9 Å². The standard InChI is InChI=1S/C19H18N4O5/c24-19(22-9-7-21(8-10-22)15-3-5-20-6-4-15)2-1-14-11-17-18(28-13-27-17)12-16(14)23(25)26/h1-6,11-12H,7-10,13H2/p+1/b2-1+. The summed E-state index contributed by atoms with van der Waals surface area (Å²) in [7, 11) is 0. The summed E-state index contributed by atoms with van der Waals surface area (Å²) in [6.07, 6.45) is 6.57. The first-order valence-corrected chi connectivity index (χ1v) is 8.88. The molecule has 0 bridgehead atoms. The van der Waals surface area contributed by atoms with Crippen LogP contribution in [0.5, 0.6) is 11.5 Å². The fourth-order valence-electron chi connectivity index (χ4n) is 3.28. The van der Waals surface area contributed by atoms with Gasteiger partial charge in [-0.1, -0.05) is 0 Å². The Labute approximate surface area is 160 Å². The maximum absolute atomic E-state index is 12.5. The highest BCUT2D eigenvalue weighted by atomic mass is 16.7. The van der Waals surface area contributed by atoms with Gasteiger partial charge in [0, 0.05) is 50.1 Å². The second-order valence-corrected chi connectivity index (χ2v) is 6.43. The normalized spacial score (nSPS) is 15.9. The fraction of sp³-hybridized carbons (Fsp3) is 0.263. The van der Waals surface area contributed by atoms with Crippen molar-refractivity contribution in [1.29, 1.82) is 0 Å². The van der Waals surface area contributed by atoms with Gasteiger partial charge in [-0.2, -0.15) is 0 Å². The third-order valence-electron chi connectivity index (χ3n) is 4.78. The molecule has 28 heavy (non-hydrogen) atoms. The molecule has 3 heterocycles. The fourth-order valence-corrected chi connectivity index (χ4v) is 3.28. The Morgan fingerprint density at radius 3 is 2.46 bits per heavy atom. The number of aromatic nitrogens is 1. The lowest BCUT2D eigenvalue weighted by atomic mass is 10.1. The zero-order valence-electron chi connectivity index (χ0n) is 15.0. The van der Waals surface area contributed by atoms with E-state index in [1.54, 1.807) is 4.90 Å². The van der Waals surface area contributed by atoms with Gasteiger partial charge in [0.2, 0.25) is 12.7 Å². The number of carbonyl (C=O) groups is 1. The van der Waals surface area contributed by atoms with Crippen LogP contribution in [0.25, 0.3) is 6.08 Å². The maximum atomic E-state index is 12.5. The van der Waals surface area contributed by atoms with Gasteiger partial charge in [-0.15, -0.1) is 0 Å². The number of H-pyrrole nitrogens is 1. The van der Waals surface area contributed by atoms with E-state index in [0.29, 0.717) is 30.2 Å². The summed E-state index contributed by atoms with van der Waals surface area (Å²) in [6, 6.07) is 6.84. The Morgan fingerprint density at radius 2 is 1.79 bits per heavy atom. The molecule has 2 aliphatic heterocycles. The molecule has 0 aliphatic carbocycles. The monoisotopic (exact) mass is 383 g/mol. The average Bonchev–Trinajstić information content (AvgIpc) is 3.19. The number of hydrogen-bond acceptors (Lipinski definition) is 6. The van der Waals surface area contributed by atoms with Gasteiger partial charge >= 0.3 is 0 Å². The predicted molar refractivity (Wildman–Crippen MR) is 100 cm³/mol. The molecule has 0 spiro atoms. The number of nitrogens with zero attached hydrogens (tertiary/aromatic N) is 3. The van der Waals surface area contributed by atoms with E-state index in [1.807, 2.05) is 24.5 Å². The average molecular weight is 383 g/mol. The van der Waals surface area contributed by atoms with Crippen molar-refractivity contribution in [3.63, 3.8) is 0 Å². The van der Waals surface area contributed by atoms with Crippen LogP contribution in [0.3, 0.4) is 0 Å². The molecule has 0 atom stereocenters. The number of rotatable bonds is 4. The van der Waals surface area contributed by atoms with Crippen molar-refractivity contribution >= 4 is 23.4 Å². The van der Waals surface area contributed by atoms with Gasteiger partial charge in [0.1, 0.15) is 0 Å². The van der Waals surface area contributed by atoms with Crippen molar-refractivity contribution in [3.8, 4) is 11.5 Å². The first-order chi connectivity index (χ1) is 13.6. The third kappa shape index (κ3) is 3.59. The molecule has 1 fully saturated rings. The van der Waals surface area contributed by atoms with Crippen molar-refractivity contribution in [2.24, 2.45) is 0 Å². The van der Waals surface area contributed by atoms with Crippen molar-refractivity contribution < 1.29 is 24.2 Å². The van der Waals surface area contributed by atoms with E-state index in [-0.39, 0.29) is 18.4 Å². The zero-order chi connectivity index (χ0) is 19.5. The number of pyridine rings is 1. The van der Waals surface area contributed by atoms with Gasteiger partial charge in [-0.25, -0.2) is 4.98 Å². The molecule has 0 radical (unpaired) electrons. The second kappa shape index (κ2) is 7.55. The van der Waals surface area contributed by atoms with E-state index in [1.165, 1.54) is 24.3 Å². The lowest BCUT2D eigenvalue weighted by Gasteiger charge is -2.35. The number of benzene rings is 1. The van der Waals surface area contributed by atoms with Crippen LogP contribution in [0.15, 0.2) is 42.7 Å². The molecule has 0 saturated carbocycles. The summed E-state index contributed by atoms with van der Waals surface area (Å²) >= 11 is 0. The van der Waals surface area contributed by atoms with Crippen LogP contribution in [0.2, 0.25) is 0 Å². The third-order valence-corrected chi connectivity index (χ3v) is 4.78. The summed E-state index contributed by atoms with van der Waals surface area (Å²) in [4.78, 5) is 30.3. The molecule has 1 aromatic heterocycles. The van der Waals surface area contributed by atoms with E-state index in [0.717, 1.165) is 18.8 Å². The predicted octanol–water partition coefficient (Wildman–Crippen LogP) is 1.50. The number of anilines is 1. The van der Waals surface area contributed by atoms with Crippen LogP contribution in [-0.4, -0.2) is 48.7 Å². The van der Waals surface area contributed by atoms with Crippen LogP contribution in [0.4, 0.5) is 11.4 Å². The molecule has 4 rings (SSSR count).